The molecule has 1 aromatic rings. The van der Waals surface area contributed by atoms with E-state index in [-0.39, 0.29) is 18.1 Å². The number of amides is 2. The van der Waals surface area contributed by atoms with E-state index in [2.05, 4.69) is 28.6 Å². The summed E-state index contributed by atoms with van der Waals surface area (Å²) in [5, 5.41) is 6.13. The molecule has 0 aromatic carbocycles. The van der Waals surface area contributed by atoms with Crippen molar-refractivity contribution in [2.24, 2.45) is 16.6 Å². The molecule has 0 atom stereocenters. The fourth-order valence-electron chi connectivity index (χ4n) is 4.33. The molecule has 0 radical (unpaired) electrons. The summed E-state index contributed by atoms with van der Waals surface area (Å²) >= 11 is 1.72. The molecular formula is C25H37N5O3S. The Kier molecular flexibility index (Phi) is 8.61. The van der Waals surface area contributed by atoms with Gasteiger partial charge in [0.15, 0.2) is 0 Å². The normalized spacial score (nSPS) is 18.0. The molecule has 3 aliphatic rings. The number of aliphatic imine (C=N–C) groups is 1. The lowest BCUT2D eigenvalue weighted by molar-refractivity contribution is -0.127. The highest BCUT2D eigenvalue weighted by atomic mass is 32.1. The molecule has 1 aliphatic carbocycles. The highest BCUT2D eigenvalue weighted by molar-refractivity contribution is 7.13. The molecule has 2 amide bonds. The van der Waals surface area contributed by atoms with E-state index in [1.165, 1.54) is 11.3 Å². The number of aryl methyl sites for hydroxylation is 1. The van der Waals surface area contributed by atoms with Crippen molar-refractivity contribution in [2.45, 2.75) is 64.4 Å². The first-order valence-electron chi connectivity index (χ1n) is 12.6. The van der Waals surface area contributed by atoms with Crippen LogP contribution in [0.25, 0.3) is 6.08 Å². The number of nitrogens with zero attached hydrogens (tertiary/aromatic N) is 2. The van der Waals surface area contributed by atoms with Crippen LogP contribution in [0.15, 0.2) is 16.6 Å². The SMILES string of the molecule is CCCN(CCCNC(=O)OC1CCC1)C(=O)C1=Cc2sc(CCC3CNC3)cc2N=C(N)C1. The van der Waals surface area contributed by atoms with Crippen molar-refractivity contribution in [3.63, 3.8) is 0 Å². The maximum atomic E-state index is 13.4. The molecule has 9 heteroatoms. The first-order chi connectivity index (χ1) is 16.5. The number of hydrogen-bond donors (Lipinski definition) is 3. The standard InChI is InChI=1S/C25H37N5O3S/c1-2-10-30(11-4-9-28-25(32)33-19-5-3-6-19)24(31)18-12-22-21(29-23(26)13-18)14-20(34-22)8-7-17-15-27-16-17/h12,14,17,19,27H,2-11,13,15-16H2,1H3,(H2,26,29)(H,28,32). The number of carbonyl (C=O) groups excluding carboxylic acids is 2. The van der Waals surface area contributed by atoms with E-state index in [4.69, 9.17) is 10.5 Å². The van der Waals surface area contributed by atoms with Gasteiger partial charge in [-0.05, 0) is 76.1 Å². The number of nitrogens with two attached hydrogens (primary N) is 1. The molecule has 186 valence electrons. The zero-order chi connectivity index (χ0) is 23.9. The van der Waals surface area contributed by atoms with Gasteiger partial charge in [-0.3, -0.25) is 4.79 Å². The van der Waals surface area contributed by atoms with Crippen molar-refractivity contribution in [1.82, 2.24) is 15.5 Å². The van der Waals surface area contributed by atoms with Gasteiger partial charge in [0, 0.05) is 36.5 Å². The Morgan fingerprint density at radius 1 is 1.32 bits per heavy atom. The van der Waals surface area contributed by atoms with E-state index in [0.717, 1.165) is 61.7 Å². The van der Waals surface area contributed by atoms with E-state index in [1.54, 1.807) is 11.3 Å². The molecule has 8 nitrogen and oxygen atoms in total. The van der Waals surface area contributed by atoms with Crippen LogP contribution in [-0.2, 0) is 16.0 Å². The summed E-state index contributed by atoms with van der Waals surface area (Å²) in [5.74, 6) is 1.24. The van der Waals surface area contributed by atoms with E-state index in [1.807, 2.05) is 11.0 Å². The predicted octanol–water partition coefficient (Wildman–Crippen LogP) is 3.58. The fraction of sp³-hybridized carbons (Fsp3) is 0.640. The third kappa shape index (κ3) is 6.60. The van der Waals surface area contributed by atoms with Crippen molar-refractivity contribution in [3.8, 4) is 0 Å². The van der Waals surface area contributed by atoms with Crippen LogP contribution < -0.4 is 16.4 Å². The van der Waals surface area contributed by atoms with Crippen LogP contribution >= 0.6 is 11.3 Å². The second-order valence-electron chi connectivity index (χ2n) is 9.51. The zero-order valence-corrected chi connectivity index (χ0v) is 20.9. The van der Waals surface area contributed by atoms with E-state index < -0.39 is 0 Å². The van der Waals surface area contributed by atoms with Crippen LogP contribution in [0.2, 0.25) is 0 Å². The highest BCUT2D eigenvalue weighted by Gasteiger charge is 2.24. The first kappa shape index (κ1) is 24.7. The van der Waals surface area contributed by atoms with Crippen LogP contribution in [0.5, 0.6) is 0 Å². The van der Waals surface area contributed by atoms with Crippen molar-refractivity contribution in [3.05, 3.63) is 21.4 Å². The molecule has 0 bridgehead atoms. The minimum absolute atomic E-state index is 0.000358. The Bertz CT molecular complexity index is 933. The van der Waals surface area contributed by atoms with Crippen molar-refractivity contribution in [2.75, 3.05) is 32.7 Å². The molecule has 1 saturated heterocycles. The fourth-order valence-corrected chi connectivity index (χ4v) is 5.41. The minimum Gasteiger partial charge on any atom is -0.446 e. The second-order valence-corrected chi connectivity index (χ2v) is 10.7. The second kappa shape index (κ2) is 11.8. The molecule has 0 spiro atoms. The Labute approximate surface area is 206 Å². The lowest BCUT2D eigenvalue weighted by atomic mass is 9.96. The Balaban J connectivity index is 1.34. The van der Waals surface area contributed by atoms with Crippen LogP contribution in [0.4, 0.5) is 10.5 Å². The minimum atomic E-state index is -0.358. The highest BCUT2D eigenvalue weighted by Crippen LogP contribution is 2.36. The van der Waals surface area contributed by atoms with Crippen LogP contribution in [0.1, 0.15) is 61.6 Å². The molecule has 2 aliphatic heterocycles. The smallest absolute Gasteiger partial charge is 0.407 e. The molecule has 1 saturated carbocycles. The summed E-state index contributed by atoms with van der Waals surface area (Å²) < 4.78 is 5.32. The van der Waals surface area contributed by atoms with Crippen LogP contribution in [0.3, 0.4) is 0 Å². The van der Waals surface area contributed by atoms with Gasteiger partial charge >= 0.3 is 6.09 Å². The Morgan fingerprint density at radius 2 is 2.15 bits per heavy atom. The zero-order valence-electron chi connectivity index (χ0n) is 20.1. The largest absolute Gasteiger partial charge is 0.446 e. The summed E-state index contributed by atoms with van der Waals surface area (Å²) in [4.78, 5) is 34.0. The summed E-state index contributed by atoms with van der Waals surface area (Å²) in [5.41, 5.74) is 7.76. The van der Waals surface area contributed by atoms with Gasteiger partial charge in [-0.1, -0.05) is 6.92 Å². The van der Waals surface area contributed by atoms with E-state index in [0.29, 0.717) is 43.9 Å². The topological polar surface area (TPSA) is 109 Å². The van der Waals surface area contributed by atoms with Crippen LogP contribution in [-0.4, -0.2) is 61.6 Å². The Hall–Kier alpha value is -2.39. The average molecular weight is 488 g/mol. The molecule has 4 N–H and O–H groups in total. The number of fused-ring (bicyclic) bond motifs is 1. The van der Waals surface area contributed by atoms with Gasteiger partial charge in [0.1, 0.15) is 11.9 Å². The number of carbonyl (C=O) groups is 2. The maximum Gasteiger partial charge on any atom is 0.407 e. The number of thiophene rings is 1. The summed E-state index contributed by atoms with van der Waals surface area (Å²) in [6.45, 7) is 6.00. The molecule has 0 unspecified atom stereocenters. The van der Waals surface area contributed by atoms with Gasteiger partial charge in [-0.2, -0.15) is 0 Å². The van der Waals surface area contributed by atoms with Gasteiger partial charge in [-0.25, -0.2) is 9.79 Å². The molecular weight excluding hydrogens is 450 g/mol. The summed E-state index contributed by atoms with van der Waals surface area (Å²) in [6.07, 6.45) is 8.85. The van der Waals surface area contributed by atoms with Crippen LogP contribution in [0, 0.1) is 5.92 Å². The number of alkyl carbamates (subject to hydrolysis) is 1. The monoisotopic (exact) mass is 487 g/mol. The molecule has 34 heavy (non-hydrogen) atoms. The van der Waals surface area contributed by atoms with E-state index >= 15 is 0 Å². The predicted molar refractivity (Wildman–Crippen MR) is 136 cm³/mol. The molecule has 4 rings (SSSR count). The first-order valence-corrected chi connectivity index (χ1v) is 13.4. The van der Waals surface area contributed by atoms with Crippen molar-refractivity contribution in [1.29, 1.82) is 0 Å². The molecule has 1 aromatic heterocycles. The van der Waals surface area contributed by atoms with Gasteiger partial charge in [0.05, 0.1) is 10.6 Å². The van der Waals surface area contributed by atoms with Crippen molar-refractivity contribution < 1.29 is 14.3 Å². The van der Waals surface area contributed by atoms with E-state index in [9.17, 15) is 9.59 Å². The Morgan fingerprint density at radius 3 is 2.82 bits per heavy atom. The number of hydrogen-bond acceptors (Lipinski definition) is 7. The number of nitrogens with one attached hydrogen (secondary N) is 2. The van der Waals surface area contributed by atoms with Gasteiger partial charge < -0.3 is 26.0 Å². The molecule has 3 heterocycles. The lowest BCUT2D eigenvalue weighted by Gasteiger charge is -2.26. The molecule has 2 fully saturated rings. The number of rotatable bonds is 11. The maximum absolute atomic E-state index is 13.4. The van der Waals surface area contributed by atoms with Crippen molar-refractivity contribution >= 4 is 40.9 Å². The lowest BCUT2D eigenvalue weighted by Crippen LogP contribution is -2.41. The third-order valence-electron chi connectivity index (χ3n) is 6.65. The van der Waals surface area contributed by atoms with Gasteiger partial charge in [-0.15, -0.1) is 11.3 Å². The average Bonchev–Trinajstić information content (AvgIpc) is 3.04. The quantitative estimate of drug-likeness (QED) is 0.413. The summed E-state index contributed by atoms with van der Waals surface area (Å²) in [6, 6.07) is 2.13. The third-order valence-corrected chi connectivity index (χ3v) is 7.78. The van der Waals surface area contributed by atoms with Gasteiger partial charge in [0.2, 0.25) is 5.91 Å². The number of ether oxygens (including phenoxy) is 1. The summed E-state index contributed by atoms with van der Waals surface area (Å²) in [7, 11) is 0. The number of amidine groups is 1. The van der Waals surface area contributed by atoms with Gasteiger partial charge in [0.25, 0.3) is 0 Å².